The highest BCUT2D eigenvalue weighted by atomic mass is 16.2. The van der Waals surface area contributed by atoms with Crippen molar-refractivity contribution in [3.05, 3.63) is 12.7 Å². The van der Waals surface area contributed by atoms with Gasteiger partial charge in [0.05, 0.1) is 5.41 Å². The number of carbonyl (C=O) groups is 1. The van der Waals surface area contributed by atoms with Crippen LogP contribution in [0.3, 0.4) is 0 Å². The molecule has 3 heteroatoms. The number of allylic oxidation sites excluding steroid dienone is 1. The lowest BCUT2D eigenvalue weighted by Gasteiger charge is -2.18. The molecule has 0 aromatic rings. The normalized spacial score (nSPS) is 33.9. The predicted molar refractivity (Wildman–Crippen MR) is 50.8 cm³/mol. The second-order valence-electron chi connectivity index (χ2n) is 4.22. The van der Waals surface area contributed by atoms with E-state index in [1.807, 2.05) is 18.0 Å². The van der Waals surface area contributed by atoms with Crippen LogP contribution in [0.2, 0.25) is 0 Å². The van der Waals surface area contributed by atoms with Crippen LogP contribution in [-0.2, 0) is 4.79 Å². The summed E-state index contributed by atoms with van der Waals surface area (Å²) in [4.78, 5) is 11.9. The Hall–Kier alpha value is -0.830. The van der Waals surface area contributed by atoms with Crippen molar-refractivity contribution in [2.45, 2.75) is 19.8 Å². The minimum absolute atomic E-state index is 0.206. The maximum atomic E-state index is 11.9. The Balaban J connectivity index is 2.18. The molecule has 2 fully saturated rings. The number of hydrogen-bond donors (Lipinski definition) is 0. The lowest BCUT2D eigenvalue weighted by atomic mass is 9.86. The van der Waals surface area contributed by atoms with Crippen LogP contribution in [0.4, 0.5) is 0 Å². The molecule has 2 aliphatic rings. The summed E-state index contributed by atoms with van der Waals surface area (Å²) in [6, 6.07) is 0. The molecule has 0 spiro atoms. The van der Waals surface area contributed by atoms with Gasteiger partial charge in [-0.25, -0.2) is 5.01 Å². The molecule has 2 aliphatic heterocycles. The molecule has 13 heavy (non-hydrogen) atoms. The fraction of sp³-hybridized carbons (Fsp3) is 0.700. The van der Waals surface area contributed by atoms with Crippen molar-refractivity contribution in [3.63, 3.8) is 0 Å². The highest BCUT2D eigenvalue weighted by Crippen LogP contribution is 2.35. The van der Waals surface area contributed by atoms with Crippen molar-refractivity contribution >= 4 is 5.91 Å². The molecule has 72 valence electrons. The monoisotopic (exact) mass is 180 g/mol. The van der Waals surface area contributed by atoms with Crippen LogP contribution < -0.4 is 0 Å². The van der Waals surface area contributed by atoms with E-state index in [0.717, 1.165) is 32.5 Å². The lowest BCUT2D eigenvalue weighted by Crippen LogP contribution is -2.33. The Morgan fingerprint density at radius 3 is 3.00 bits per heavy atom. The fourth-order valence-corrected chi connectivity index (χ4v) is 2.31. The van der Waals surface area contributed by atoms with Crippen molar-refractivity contribution in [1.82, 2.24) is 10.0 Å². The second-order valence-corrected chi connectivity index (χ2v) is 4.22. The summed E-state index contributed by atoms with van der Waals surface area (Å²) in [7, 11) is 0. The Kier molecular flexibility index (Phi) is 1.91. The third-order valence-electron chi connectivity index (χ3n) is 3.00. The van der Waals surface area contributed by atoms with Gasteiger partial charge in [-0.15, -0.1) is 6.58 Å². The average Bonchev–Trinajstić information content (AvgIpc) is 2.58. The number of hydrazine groups is 1. The summed E-state index contributed by atoms with van der Waals surface area (Å²) in [5, 5.41) is 4.08. The zero-order chi connectivity index (χ0) is 9.47. The average molecular weight is 180 g/mol. The summed E-state index contributed by atoms with van der Waals surface area (Å²) in [6.45, 7) is 8.57. The van der Waals surface area contributed by atoms with Crippen LogP contribution in [-0.4, -0.2) is 35.6 Å². The quantitative estimate of drug-likeness (QED) is 0.593. The molecular weight excluding hydrogens is 164 g/mol. The van der Waals surface area contributed by atoms with Crippen molar-refractivity contribution in [3.8, 4) is 0 Å². The van der Waals surface area contributed by atoms with Gasteiger partial charge in [0.15, 0.2) is 0 Å². The van der Waals surface area contributed by atoms with Crippen molar-refractivity contribution in [1.29, 1.82) is 0 Å². The molecule has 2 rings (SSSR count). The number of fused-ring (bicyclic) bond motifs is 1. The summed E-state index contributed by atoms with van der Waals surface area (Å²) < 4.78 is 0. The maximum Gasteiger partial charge on any atom is 0.244 e. The van der Waals surface area contributed by atoms with E-state index in [1.54, 1.807) is 0 Å². The van der Waals surface area contributed by atoms with Gasteiger partial charge in [-0.3, -0.25) is 9.80 Å². The Bertz CT molecular complexity index is 251. The van der Waals surface area contributed by atoms with Gasteiger partial charge in [-0.1, -0.05) is 6.08 Å². The van der Waals surface area contributed by atoms with Gasteiger partial charge >= 0.3 is 0 Å². The minimum Gasteiger partial charge on any atom is -0.275 e. The SMILES string of the molecule is C=CC[C@]1(C)CN2CCCN2C1=O. The molecule has 0 aliphatic carbocycles. The number of rotatable bonds is 2. The second kappa shape index (κ2) is 2.84. The standard InChI is InChI=1S/C10H16N2O/c1-3-5-10(2)8-11-6-4-7-12(11)9(10)13/h3H,1,4-8H2,2H3/t10-/m1/s1. The zero-order valence-corrected chi connectivity index (χ0v) is 8.12. The van der Waals surface area contributed by atoms with Gasteiger partial charge in [0.25, 0.3) is 0 Å². The molecule has 1 atom stereocenters. The molecule has 0 saturated carbocycles. The fourth-order valence-electron chi connectivity index (χ4n) is 2.31. The lowest BCUT2D eigenvalue weighted by molar-refractivity contribution is -0.139. The molecule has 0 unspecified atom stereocenters. The largest absolute Gasteiger partial charge is 0.275 e. The van der Waals surface area contributed by atoms with Crippen molar-refractivity contribution in [2.24, 2.45) is 5.41 Å². The van der Waals surface area contributed by atoms with Crippen molar-refractivity contribution in [2.75, 3.05) is 19.6 Å². The van der Waals surface area contributed by atoms with E-state index in [4.69, 9.17) is 0 Å². The highest BCUT2D eigenvalue weighted by molar-refractivity contribution is 5.84. The van der Waals surface area contributed by atoms with E-state index < -0.39 is 0 Å². The third-order valence-corrected chi connectivity index (χ3v) is 3.00. The molecular formula is C10H16N2O. The topological polar surface area (TPSA) is 23.6 Å². The van der Waals surface area contributed by atoms with E-state index in [9.17, 15) is 4.79 Å². The van der Waals surface area contributed by atoms with Gasteiger partial charge < -0.3 is 0 Å². The van der Waals surface area contributed by atoms with Gasteiger partial charge in [-0.05, 0) is 19.8 Å². The van der Waals surface area contributed by atoms with Crippen LogP contribution in [0.5, 0.6) is 0 Å². The van der Waals surface area contributed by atoms with E-state index in [2.05, 4.69) is 11.6 Å². The molecule has 1 amide bonds. The molecule has 0 aromatic heterocycles. The summed E-state index contributed by atoms with van der Waals surface area (Å²) >= 11 is 0. The van der Waals surface area contributed by atoms with Crippen molar-refractivity contribution < 1.29 is 4.79 Å². The number of nitrogens with zero attached hydrogens (tertiary/aromatic N) is 2. The zero-order valence-electron chi connectivity index (χ0n) is 8.12. The van der Waals surface area contributed by atoms with Crippen LogP contribution in [0.25, 0.3) is 0 Å². The van der Waals surface area contributed by atoms with Gasteiger partial charge in [0.2, 0.25) is 5.91 Å². The smallest absolute Gasteiger partial charge is 0.244 e. The van der Waals surface area contributed by atoms with Crippen LogP contribution in [0.15, 0.2) is 12.7 Å². The van der Waals surface area contributed by atoms with Gasteiger partial charge in [-0.2, -0.15) is 0 Å². The first kappa shape index (κ1) is 8.75. The van der Waals surface area contributed by atoms with E-state index in [0.29, 0.717) is 0 Å². The molecule has 2 heterocycles. The summed E-state index contributed by atoms with van der Waals surface area (Å²) in [6.07, 6.45) is 3.76. The Morgan fingerprint density at radius 2 is 2.38 bits per heavy atom. The van der Waals surface area contributed by atoms with E-state index in [-0.39, 0.29) is 11.3 Å². The summed E-state index contributed by atoms with van der Waals surface area (Å²) in [5.74, 6) is 0.282. The number of carbonyl (C=O) groups excluding carboxylic acids is 1. The van der Waals surface area contributed by atoms with Crippen LogP contribution in [0.1, 0.15) is 19.8 Å². The van der Waals surface area contributed by atoms with E-state index in [1.165, 1.54) is 0 Å². The molecule has 0 aromatic carbocycles. The first-order chi connectivity index (χ1) is 6.17. The van der Waals surface area contributed by atoms with E-state index >= 15 is 0 Å². The third kappa shape index (κ3) is 1.18. The molecule has 2 saturated heterocycles. The highest BCUT2D eigenvalue weighted by Gasteiger charge is 2.48. The molecule has 0 radical (unpaired) electrons. The van der Waals surface area contributed by atoms with Gasteiger partial charge in [0, 0.05) is 19.6 Å². The van der Waals surface area contributed by atoms with Gasteiger partial charge in [0.1, 0.15) is 0 Å². The first-order valence-electron chi connectivity index (χ1n) is 4.85. The molecule has 0 bridgehead atoms. The molecule has 3 nitrogen and oxygen atoms in total. The molecule has 0 N–H and O–H groups in total. The summed E-state index contributed by atoms with van der Waals surface area (Å²) in [5.41, 5.74) is -0.206. The minimum atomic E-state index is -0.206. The first-order valence-corrected chi connectivity index (χ1v) is 4.85. The Morgan fingerprint density at radius 1 is 1.62 bits per heavy atom. The number of hydrogen-bond acceptors (Lipinski definition) is 2. The number of amides is 1. The predicted octanol–water partition coefficient (Wildman–Crippen LogP) is 1.03. The van der Waals surface area contributed by atoms with Crippen LogP contribution >= 0.6 is 0 Å². The Labute approximate surface area is 79.0 Å². The maximum absolute atomic E-state index is 11.9. The van der Waals surface area contributed by atoms with Crippen LogP contribution in [0, 0.1) is 5.41 Å².